The van der Waals surface area contributed by atoms with Crippen LogP contribution in [0.5, 0.6) is 0 Å². The molecule has 1 unspecified atom stereocenters. The highest BCUT2D eigenvalue weighted by molar-refractivity contribution is 5.97. The second-order valence-electron chi connectivity index (χ2n) is 4.75. The summed E-state index contributed by atoms with van der Waals surface area (Å²) in [4.78, 5) is 27.3. The summed E-state index contributed by atoms with van der Waals surface area (Å²) in [6.07, 6.45) is 1.78. The number of nitrogens with one attached hydrogen (secondary N) is 1. The highest BCUT2D eigenvalue weighted by Gasteiger charge is 2.35. The molecule has 2 fully saturated rings. The molecule has 1 N–H and O–H groups in total. The molecule has 0 saturated carbocycles. The van der Waals surface area contributed by atoms with Gasteiger partial charge in [-0.05, 0) is 6.42 Å². The lowest BCUT2D eigenvalue weighted by molar-refractivity contribution is -0.144. The molecule has 2 amide bonds. The molecular formula is C12H21N3O2. The second kappa shape index (κ2) is 5.60. The average Bonchev–Trinajstić information content (AvgIpc) is 2.71. The molecule has 0 aliphatic carbocycles. The molecule has 0 radical (unpaired) electrons. The molecule has 17 heavy (non-hydrogen) atoms. The molecule has 96 valence electrons. The van der Waals surface area contributed by atoms with E-state index in [4.69, 9.17) is 0 Å². The third-order valence-electron chi connectivity index (χ3n) is 3.57. The van der Waals surface area contributed by atoms with Gasteiger partial charge in [0, 0.05) is 45.6 Å². The largest absolute Gasteiger partial charge is 0.314 e. The Hall–Kier alpha value is -0.940. The summed E-state index contributed by atoms with van der Waals surface area (Å²) in [6, 6.07) is 0.105. The Morgan fingerprint density at radius 1 is 1.41 bits per heavy atom. The van der Waals surface area contributed by atoms with Crippen molar-refractivity contribution in [2.24, 2.45) is 0 Å². The summed E-state index contributed by atoms with van der Waals surface area (Å²) < 4.78 is 0. The minimum absolute atomic E-state index is 0.0111. The Balaban J connectivity index is 1.94. The molecule has 0 aromatic rings. The summed E-state index contributed by atoms with van der Waals surface area (Å²) in [5.41, 5.74) is 0. The maximum Gasteiger partial charge on any atom is 0.229 e. The molecule has 2 saturated heterocycles. The molecular weight excluding hydrogens is 218 g/mol. The van der Waals surface area contributed by atoms with Gasteiger partial charge in [-0.15, -0.1) is 0 Å². The van der Waals surface area contributed by atoms with Crippen molar-refractivity contribution in [3.05, 3.63) is 0 Å². The van der Waals surface area contributed by atoms with E-state index in [-0.39, 0.29) is 17.9 Å². The van der Waals surface area contributed by atoms with Crippen LogP contribution in [0.2, 0.25) is 0 Å². The molecule has 0 bridgehead atoms. The van der Waals surface area contributed by atoms with Crippen molar-refractivity contribution in [3.8, 4) is 0 Å². The molecule has 2 aliphatic heterocycles. The number of nitrogens with zero attached hydrogens (tertiary/aromatic N) is 2. The zero-order chi connectivity index (χ0) is 12.3. The Kier molecular flexibility index (Phi) is 4.12. The summed E-state index contributed by atoms with van der Waals surface area (Å²) in [7, 11) is 0. The molecule has 1 atom stereocenters. The number of carbonyl (C=O) groups is 2. The van der Waals surface area contributed by atoms with Crippen LogP contribution < -0.4 is 5.32 Å². The lowest BCUT2D eigenvalue weighted by atomic mass is 10.2. The number of amides is 2. The molecule has 0 aromatic heterocycles. The summed E-state index contributed by atoms with van der Waals surface area (Å²) in [5.74, 6) is -0.00961. The topological polar surface area (TPSA) is 52.7 Å². The van der Waals surface area contributed by atoms with Gasteiger partial charge in [-0.25, -0.2) is 0 Å². The molecule has 5 heteroatoms. The Morgan fingerprint density at radius 2 is 2.12 bits per heavy atom. The van der Waals surface area contributed by atoms with Crippen molar-refractivity contribution in [2.75, 3.05) is 32.7 Å². The normalized spacial score (nSPS) is 26.5. The first kappa shape index (κ1) is 12.5. The third kappa shape index (κ3) is 2.84. The summed E-state index contributed by atoms with van der Waals surface area (Å²) in [5, 5.41) is 3.30. The van der Waals surface area contributed by atoms with Gasteiger partial charge in [0.15, 0.2) is 0 Å². The average molecular weight is 239 g/mol. The first-order valence-electron chi connectivity index (χ1n) is 6.50. The Morgan fingerprint density at radius 3 is 2.76 bits per heavy atom. The van der Waals surface area contributed by atoms with Crippen LogP contribution in [0.1, 0.15) is 26.2 Å². The van der Waals surface area contributed by atoms with Gasteiger partial charge in [-0.1, -0.05) is 6.92 Å². The van der Waals surface area contributed by atoms with Crippen LogP contribution in [-0.4, -0.2) is 60.4 Å². The van der Waals surface area contributed by atoms with Gasteiger partial charge in [0.1, 0.15) is 0 Å². The lowest BCUT2D eigenvalue weighted by Gasteiger charge is -2.32. The number of piperazine rings is 1. The van der Waals surface area contributed by atoms with Gasteiger partial charge >= 0.3 is 0 Å². The SMILES string of the molecule is CCC(=O)N1C(=O)CCC1CN1CCNCC1. The molecule has 5 nitrogen and oxygen atoms in total. The number of imide groups is 1. The van der Waals surface area contributed by atoms with E-state index in [1.807, 2.05) is 6.92 Å². The molecule has 2 rings (SSSR count). The van der Waals surface area contributed by atoms with Gasteiger partial charge in [0.05, 0.1) is 6.04 Å². The number of carbonyl (C=O) groups excluding carboxylic acids is 2. The maximum absolute atomic E-state index is 11.8. The van der Waals surface area contributed by atoms with E-state index in [0.717, 1.165) is 39.1 Å². The van der Waals surface area contributed by atoms with Crippen LogP contribution in [0, 0.1) is 0 Å². The van der Waals surface area contributed by atoms with E-state index in [0.29, 0.717) is 12.8 Å². The predicted octanol–water partition coefficient (Wildman–Crippen LogP) is -0.181. The first-order valence-corrected chi connectivity index (χ1v) is 6.50. The minimum Gasteiger partial charge on any atom is -0.314 e. The fourth-order valence-electron chi connectivity index (χ4n) is 2.62. The van der Waals surface area contributed by atoms with E-state index in [9.17, 15) is 9.59 Å². The fourth-order valence-corrected chi connectivity index (χ4v) is 2.62. The van der Waals surface area contributed by atoms with E-state index in [2.05, 4.69) is 10.2 Å². The summed E-state index contributed by atoms with van der Waals surface area (Å²) >= 11 is 0. The van der Waals surface area contributed by atoms with E-state index >= 15 is 0 Å². The van der Waals surface area contributed by atoms with Gasteiger partial charge in [0.25, 0.3) is 0 Å². The van der Waals surface area contributed by atoms with Crippen molar-refractivity contribution in [2.45, 2.75) is 32.2 Å². The minimum atomic E-state index is -0.0207. The van der Waals surface area contributed by atoms with Crippen LogP contribution >= 0.6 is 0 Å². The zero-order valence-electron chi connectivity index (χ0n) is 10.4. The van der Waals surface area contributed by atoms with Gasteiger partial charge < -0.3 is 5.32 Å². The van der Waals surface area contributed by atoms with Crippen molar-refractivity contribution >= 4 is 11.8 Å². The van der Waals surface area contributed by atoms with Crippen molar-refractivity contribution in [1.82, 2.24) is 15.1 Å². The van der Waals surface area contributed by atoms with Crippen molar-refractivity contribution in [3.63, 3.8) is 0 Å². The number of rotatable bonds is 3. The second-order valence-corrected chi connectivity index (χ2v) is 4.75. The number of hydrogen-bond acceptors (Lipinski definition) is 4. The fraction of sp³-hybridized carbons (Fsp3) is 0.833. The molecule has 0 spiro atoms. The first-order chi connectivity index (χ1) is 8.22. The van der Waals surface area contributed by atoms with Crippen LogP contribution in [0.15, 0.2) is 0 Å². The van der Waals surface area contributed by atoms with Crippen LogP contribution in [-0.2, 0) is 9.59 Å². The quantitative estimate of drug-likeness (QED) is 0.742. The van der Waals surface area contributed by atoms with Gasteiger partial charge in [0.2, 0.25) is 11.8 Å². The lowest BCUT2D eigenvalue weighted by Crippen LogP contribution is -2.50. The smallest absolute Gasteiger partial charge is 0.229 e. The molecule has 0 aromatic carbocycles. The van der Waals surface area contributed by atoms with Crippen molar-refractivity contribution in [1.29, 1.82) is 0 Å². The number of likely N-dealkylation sites (tertiary alicyclic amines) is 1. The van der Waals surface area contributed by atoms with Crippen LogP contribution in [0.4, 0.5) is 0 Å². The Bertz CT molecular complexity index is 300. The standard InChI is InChI=1S/C12H21N3O2/c1-2-11(16)15-10(3-4-12(15)17)9-14-7-5-13-6-8-14/h10,13H,2-9H2,1H3. The molecule has 2 aliphatic rings. The predicted molar refractivity (Wildman–Crippen MR) is 64.5 cm³/mol. The van der Waals surface area contributed by atoms with Gasteiger partial charge in [-0.2, -0.15) is 0 Å². The van der Waals surface area contributed by atoms with Crippen molar-refractivity contribution < 1.29 is 9.59 Å². The zero-order valence-corrected chi connectivity index (χ0v) is 10.4. The van der Waals surface area contributed by atoms with E-state index in [1.165, 1.54) is 4.90 Å². The third-order valence-corrected chi connectivity index (χ3v) is 3.57. The van der Waals surface area contributed by atoms with Crippen LogP contribution in [0.3, 0.4) is 0 Å². The maximum atomic E-state index is 11.8. The highest BCUT2D eigenvalue weighted by atomic mass is 16.2. The number of hydrogen-bond donors (Lipinski definition) is 1. The van der Waals surface area contributed by atoms with E-state index < -0.39 is 0 Å². The monoisotopic (exact) mass is 239 g/mol. The Labute approximate surface area is 102 Å². The highest BCUT2D eigenvalue weighted by Crippen LogP contribution is 2.20. The van der Waals surface area contributed by atoms with E-state index in [1.54, 1.807) is 0 Å². The summed E-state index contributed by atoms with van der Waals surface area (Å²) in [6.45, 7) is 6.69. The van der Waals surface area contributed by atoms with Gasteiger partial charge in [-0.3, -0.25) is 19.4 Å². The van der Waals surface area contributed by atoms with Crippen LogP contribution in [0.25, 0.3) is 0 Å². The molecule has 2 heterocycles.